The molecule has 1 aliphatic rings. The summed E-state index contributed by atoms with van der Waals surface area (Å²) in [5, 5.41) is 5.19. The molecule has 0 unspecified atom stereocenters. The SMILES string of the molecule is CC1(C)CN(OC(=O)c2ccccc2)CCCN1. The van der Waals surface area contributed by atoms with E-state index in [2.05, 4.69) is 19.2 Å². The zero-order valence-corrected chi connectivity index (χ0v) is 11.0. The zero-order valence-electron chi connectivity index (χ0n) is 11.0. The van der Waals surface area contributed by atoms with Gasteiger partial charge in [0.25, 0.3) is 0 Å². The molecule has 4 nitrogen and oxygen atoms in total. The largest absolute Gasteiger partial charge is 0.364 e. The molecular formula is C14H20N2O2. The number of hydrogen-bond acceptors (Lipinski definition) is 4. The summed E-state index contributed by atoms with van der Waals surface area (Å²) in [6, 6.07) is 9.10. The van der Waals surface area contributed by atoms with Gasteiger partial charge < -0.3 is 10.2 Å². The van der Waals surface area contributed by atoms with Gasteiger partial charge in [-0.25, -0.2) is 4.79 Å². The summed E-state index contributed by atoms with van der Waals surface area (Å²) >= 11 is 0. The van der Waals surface area contributed by atoms with Crippen LogP contribution in [0.5, 0.6) is 0 Å². The minimum Gasteiger partial charge on any atom is -0.364 e. The Labute approximate surface area is 108 Å². The van der Waals surface area contributed by atoms with E-state index in [4.69, 9.17) is 4.84 Å². The fraction of sp³-hybridized carbons (Fsp3) is 0.500. The number of benzene rings is 1. The summed E-state index contributed by atoms with van der Waals surface area (Å²) in [5.74, 6) is -0.284. The summed E-state index contributed by atoms with van der Waals surface area (Å²) < 4.78 is 0. The third kappa shape index (κ3) is 3.55. The number of nitrogens with one attached hydrogen (secondary N) is 1. The molecule has 1 aromatic carbocycles. The summed E-state index contributed by atoms with van der Waals surface area (Å²) in [4.78, 5) is 17.4. The highest BCUT2D eigenvalue weighted by atomic mass is 16.7. The summed E-state index contributed by atoms with van der Waals surface area (Å²) in [6.07, 6.45) is 0.978. The molecule has 4 heteroatoms. The quantitative estimate of drug-likeness (QED) is 0.867. The Kier molecular flexibility index (Phi) is 3.99. The van der Waals surface area contributed by atoms with Crippen molar-refractivity contribution in [1.29, 1.82) is 0 Å². The lowest BCUT2D eigenvalue weighted by Gasteiger charge is -2.28. The molecule has 0 amide bonds. The smallest absolute Gasteiger partial charge is 0.357 e. The van der Waals surface area contributed by atoms with E-state index in [1.807, 2.05) is 18.2 Å². The maximum Gasteiger partial charge on any atom is 0.357 e. The second kappa shape index (κ2) is 5.50. The lowest BCUT2D eigenvalue weighted by atomic mass is 10.1. The zero-order chi connectivity index (χ0) is 13.0. The van der Waals surface area contributed by atoms with E-state index in [1.165, 1.54) is 0 Å². The Morgan fingerprint density at radius 2 is 2.06 bits per heavy atom. The van der Waals surface area contributed by atoms with E-state index < -0.39 is 0 Å². The van der Waals surface area contributed by atoms with Crippen molar-refractivity contribution < 1.29 is 9.63 Å². The van der Waals surface area contributed by atoms with E-state index in [0.717, 1.165) is 19.5 Å². The highest BCUT2D eigenvalue weighted by molar-refractivity contribution is 5.89. The average Bonchev–Trinajstić information content (AvgIpc) is 2.51. The van der Waals surface area contributed by atoms with Gasteiger partial charge in [0.2, 0.25) is 0 Å². The Hall–Kier alpha value is -1.39. The van der Waals surface area contributed by atoms with E-state index in [9.17, 15) is 4.79 Å². The molecule has 2 rings (SSSR count). The Bertz CT molecular complexity index is 404. The van der Waals surface area contributed by atoms with E-state index in [1.54, 1.807) is 17.2 Å². The van der Waals surface area contributed by atoms with Crippen molar-refractivity contribution in [2.45, 2.75) is 25.8 Å². The van der Waals surface area contributed by atoms with Crippen LogP contribution in [0.15, 0.2) is 30.3 Å². The van der Waals surface area contributed by atoms with Crippen molar-refractivity contribution >= 4 is 5.97 Å². The van der Waals surface area contributed by atoms with Crippen LogP contribution >= 0.6 is 0 Å². The molecule has 1 N–H and O–H groups in total. The van der Waals surface area contributed by atoms with Crippen molar-refractivity contribution in [3.63, 3.8) is 0 Å². The molecule has 1 aromatic rings. The van der Waals surface area contributed by atoms with Gasteiger partial charge in [-0.2, -0.15) is 0 Å². The van der Waals surface area contributed by atoms with E-state index in [0.29, 0.717) is 12.1 Å². The van der Waals surface area contributed by atoms with Crippen LogP contribution in [0.3, 0.4) is 0 Å². The van der Waals surface area contributed by atoms with Crippen LogP contribution in [0.25, 0.3) is 0 Å². The van der Waals surface area contributed by atoms with Crippen LogP contribution in [-0.4, -0.2) is 36.2 Å². The second-order valence-electron chi connectivity index (χ2n) is 5.27. The second-order valence-corrected chi connectivity index (χ2v) is 5.27. The van der Waals surface area contributed by atoms with Gasteiger partial charge in [0, 0.05) is 12.1 Å². The van der Waals surface area contributed by atoms with Gasteiger partial charge in [0.05, 0.1) is 12.1 Å². The molecule has 0 spiro atoms. The lowest BCUT2D eigenvalue weighted by molar-refractivity contribution is -0.115. The predicted molar refractivity (Wildman–Crippen MR) is 70.1 cm³/mol. The van der Waals surface area contributed by atoms with Gasteiger partial charge in [0.15, 0.2) is 0 Å². The van der Waals surface area contributed by atoms with Crippen molar-refractivity contribution in [3.05, 3.63) is 35.9 Å². The molecule has 1 aliphatic heterocycles. The predicted octanol–water partition coefficient (Wildman–Crippen LogP) is 1.83. The van der Waals surface area contributed by atoms with Gasteiger partial charge in [-0.3, -0.25) is 0 Å². The maximum absolute atomic E-state index is 12.0. The summed E-state index contributed by atoms with van der Waals surface area (Å²) in [6.45, 7) is 6.65. The van der Waals surface area contributed by atoms with Gasteiger partial charge >= 0.3 is 5.97 Å². The Morgan fingerprint density at radius 1 is 1.33 bits per heavy atom. The third-order valence-electron chi connectivity index (χ3n) is 2.98. The number of carbonyl (C=O) groups is 1. The molecule has 0 atom stereocenters. The van der Waals surface area contributed by atoms with Crippen LogP contribution in [0, 0.1) is 0 Å². The third-order valence-corrected chi connectivity index (χ3v) is 2.98. The molecule has 0 bridgehead atoms. The minimum atomic E-state index is -0.284. The van der Waals surface area contributed by atoms with Crippen LogP contribution in [0.2, 0.25) is 0 Å². The van der Waals surface area contributed by atoms with Gasteiger partial charge in [0.1, 0.15) is 0 Å². The van der Waals surface area contributed by atoms with Crippen molar-refractivity contribution in [2.75, 3.05) is 19.6 Å². The van der Waals surface area contributed by atoms with Crippen molar-refractivity contribution in [1.82, 2.24) is 10.4 Å². The molecule has 0 aliphatic carbocycles. The molecule has 0 radical (unpaired) electrons. The number of carbonyl (C=O) groups excluding carboxylic acids is 1. The molecule has 1 fully saturated rings. The van der Waals surface area contributed by atoms with Crippen LogP contribution in [-0.2, 0) is 4.84 Å². The maximum atomic E-state index is 12.0. The van der Waals surface area contributed by atoms with Crippen LogP contribution < -0.4 is 5.32 Å². The highest BCUT2D eigenvalue weighted by Gasteiger charge is 2.26. The number of nitrogens with zero attached hydrogens (tertiary/aromatic N) is 1. The van der Waals surface area contributed by atoms with Crippen LogP contribution in [0.1, 0.15) is 30.6 Å². The number of hydrogen-bond donors (Lipinski definition) is 1. The standard InChI is InChI=1S/C14H20N2O2/c1-14(2)11-16(10-6-9-15-14)18-13(17)12-7-4-3-5-8-12/h3-5,7-8,15H,6,9-11H2,1-2H3. The van der Waals surface area contributed by atoms with Gasteiger partial charge in [-0.05, 0) is 38.9 Å². The fourth-order valence-electron chi connectivity index (χ4n) is 2.08. The molecule has 98 valence electrons. The summed E-state index contributed by atoms with van der Waals surface area (Å²) in [5.41, 5.74) is 0.556. The molecule has 0 saturated carbocycles. The number of rotatable bonds is 2. The monoisotopic (exact) mass is 248 g/mol. The normalized spacial score (nSPS) is 20.1. The van der Waals surface area contributed by atoms with Crippen LogP contribution in [0.4, 0.5) is 0 Å². The molecule has 1 saturated heterocycles. The Morgan fingerprint density at radius 3 is 2.78 bits per heavy atom. The van der Waals surface area contributed by atoms with E-state index >= 15 is 0 Å². The van der Waals surface area contributed by atoms with E-state index in [-0.39, 0.29) is 11.5 Å². The van der Waals surface area contributed by atoms with Gasteiger partial charge in [-0.15, -0.1) is 5.06 Å². The topological polar surface area (TPSA) is 41.6 Å². The summed E-state index contributed by atoms with van der Waals surface area (Å²) in [7, 11) is 0. The molecule has 0 aromatic heterocycles. The lowest BCUT2D eigenvalue weighted by Crippen LogP contribution is -2.46. The first-order chi connectivity index (χ1) is 8.57. The molecule has 18 heavy (non-hydrogen) atoms. The Balaban J connectivity index is 1.98. The first kappa shape index (κ1) is 13.1. The minimum absolute atomic E-state index is 0.0343. The average molecular weight is 248 g/mol. The number of hydroxylamine groups is 2. The first-order valence-corrected chi connectivity index (χ1v) is 6.34. The van der Waals surface area contributed by atoms with Gasteiger partial charge in [-0.1, -0.05) is 18.2 Å². The van der Waals surface area contributed by atoms with Crippen molar-refractivity contribution in [2.24, 2.45) is 0 Å². The molecule has 1 heterocycles. The molecular weight excluding hydrogens is 228 g/mol. The first-order valence-electron chi connectivity index (χ1n) is 6.34. The fourth-order valence-corrected chi connectivity index (χ4v) is 2.08. The highest BCUT2D eigenvalue weighted by Crippen LogP contribution is 2.12. The van der Waals surface area contributed by atoms with Crippen molar-refractivity contribution in [3.8, 4) is 0 Å².